The first-order valence-electron chi connectivity index (χ1n) is 28.4. The second-order valence-corrected chi connectivity index (χ2v) is 21.8. The molecule has 462 valence electrons. The van der Waals surface area contributed by atoms with Crippen molar-refractivity contribution in [3.8, 4) is 0 Å². The SMILES string of the molecule is CC(C)C.COCCCNC(=O)CCCC(=O)NC(CCC(=O)CCCCO[C@@H]1OC(CO)[C@H](O)[C@H](O)C1C)(CCC(=O)NCCCO[C@@H]1OC(CO)[C@H](O)[C@H](O)C1C)CCC(=O)NCCCO[C@@H]1OC(CO)[C@H](O)[C@H](O)C1C. The van der Waals surface area contributed by atoms with Gasteiger partial charge in [0.25, 0.3) is 0 Å². The van der Waals surface area contributed by atoms with E-state index < -0.39 is 123 Å². The minimum absolute atomic E-state index is 0.0248. The maximum Gasteiger partial charge on any atom is 0.220 e. The number of carbonyl (C=O) groups is 5. The molecular formula is C54H100N4O21. The zero-order valence-electron chi connectivity index (χ0n) is 47.8. The number of hydrogen-bond donors (Lipinski definition) is 13. The Morgan fingerprint density at radius 3 is 1.18 bits per heavy atom. The first-order chi connectivity index (χ1) is 37.5. The maximum absolute atomic E-state index is 13.8. The third-order valence-corrected chi connectivity index (χ3v) is 14.1. The van der Waals surface area contributed by atoms with Crippen molar-refractivity contribution >= 4 is 29.4 Å². The molecule has 0 spiro atoms. The van der Waals surface area contributed by atoms with Gasteiger partial charge in [-0.05, 0) is 63.7 Å². The van der Waals surface area contributed by atoms with Crippen molar-refractivity contribution in [3.63, 3.8) is 0 Å². The van der Waals surface area contributed by atoms with E-state index >= 15 is 0 Å². The summed E-state index contributed by atoms with van der Waals surface area (Å²) >= 11 is 0. The molecule has 6 unspecified atom stereocenters. The highest BCUT2D eigenvalue weighted by Crippen LogP contribution is 2.31. The largest absolute Gasteiger partial charge is 0.394 e. The van der Waals surface area contributed by atoms with Crippen LogP contribution in [0.5, 0.6) is 0 Å². The normalized spacial score (nSPS) is 29.7. The molecule has 0 aromatic rings. The number of aliphatic hydroxyl groups excluding tert-OH is 9. The number of ketones is 1. The van der Waals surface area contributed by atoms with Gasteiger partial charge in [0.15, 0.2) is 18.9 Å². The van der Waals surface area contributed by atoms with Crippen molar-refractivity contribution in [3.05, 3.63) is 0 Å². The van der Waals surface area contributed by atoms with Gasteiger partial charge in [0.05, 0.1) is 51.3 Å². The molecule has 0 radical (unpaired) electrons. The van der Waals surface area contributed by atoms with Crippen LogP contribution in [0, 0.1) is 23.7 Å². The van der Waals surface area contributed by atoms with Crippen LogP contribution in [0.15, 0.2) is 0 Å². The Balaban J connectivity index is 0.00000514. The van der Waals surface area contributed by atoms with E-state index in [1.165, 1.54) is 0 Å². The number of carbonyl (C=O) groups excluding carboxylic acids is 5. The first kappa shape index (κ1) is 72.0. The highest BCUT2D eigenvalue weighted by atomic mass is 16.7. The van der Waals surface area contributed by atoms with E-state index in [0.29, 0.717) is 45.3 Å². The second kappa shape index (κ2) is 39.4. The van der Waals surface area contributed by atoms with Crippen molar-refractivity contribution in [2.24, 2.45) is 23.7 Å². The lowest BCUT2D eigenvalue weighted by molar-refractivity contribution is -0.282. The molecule has 0 aromatic heterocycles. The van der Waals surface area contributed by atoms with E-state index in [2.05, 4.69) is 42.0 Å². The van der Waals surface area contributed by atoms with Crippen LogP contribution in [0.1, 0.15) is 138 Å². The summed E-state index contributed by atoms with van der Waals surface area (Å²) in [6.07, 6.45) is -10.8. The van der Waals surface area contributed by atoms with Gasteiger partial charge in [-0.2, -0.15) is 0 Å². The third-order valence-electron chi connectivity index (χ3n) is 14.1. The number of amides is 4. The van der Waals surface area contributed by atoms with Crippen molar-refractivity contribution < 1.29 is 103 Å². The Hall–Kier alpha value is -3.09. The quantitative estimate of drug-likeness (QED) is 0.0339. The van der Waals surface area contributed by atoms with Crippen molar-refractivity contribution in [1.29, 1.82) is 0 Å². The molecule has 15 atom stereocenters. The molecule has 0 aliphatic carbocycles. The Labute approximate surface area is 466 Å². The predicted octanol–water partition coefficient (Wildman–Crippen LogP) is -0.806. The van der Waals surface area contributed by atoms with Gasteiger partial charge in [0, 0.05) is 102 Å². The van der Waals surface area contributed by atoms with Gasteiger partial charge < -0.3 is 100 Å². The molecule has 13 N–H and O–H groups in total. The molecular weight excluding hydrogens is 1040 g/mol. The van der Waals surface area contributed by atoms with Crippen LogP contribution in [-0.4, -0.2) is 228 Å². The number of ether oxygens (including phenoxy) is 7. The van der Waals surface area contributed by atoms with E-state index in [1.807, 2.05) is 0 Å². The molecule has 3 heterocycles. The highest BCUT2D eigenvalue weighted by molar-refractivity contribution is 5.81. The molecule has 0 saturated carbocycles. The summed E-state index contributed by atoms with van der Waals surface area (Å²) in [5.74, 6) is -2.55. The minimum atomic E-state index is -1.28. The van der Waals surface area contributed by atoms with E-state index in [9.17, 15) is 69.9 Å². The number of nitrogens with one attached hydrogen (secondary N) is 4. The van der Waals surface area contributed by atoms with Crippen molar-refractivity contribution in [1.82, 2.24) is 21.3 Å². The lowest BCUT2D eigenvalue weighted by atomic mass is 9.82. The van der Waals surface area contributed by atoms with Gasteiger partial charge in [-0.1, -0.05) is 41.5 Å². The van der Waals surface area contributed by atoms with Crippen LogP contribution in [-0.2, 0) is 57.1 Å². The molecule has 25 heteroatoms. The maximum atomic E-state index is 13.8. The van der Waals surface area contributed by atoms with Gasteiger partial charge in [-0.15, -0.1) is 0 Å². The van der Waals surface area contributed by atoms with Gasteiger partial charge >= 0.3 is 0 Å². The molecule has 4 amide bonds. The Kier molecular flexibility index (Phi) is 35.9. The molecule has 0 aromatic carbocycles. The molecule has 3 saturated heterocycles. The molecule has 3 fully saturated rings. The van der Waals surface area contributed by atoms with Crippen LogP contribution in [0.25, 0.3) is 0 Å². The molecule has 79 heavy (non-hydrogen) atoms. The molecule has 3 aliphatic heterocycles. The predicted molar refractivity (Wildman–Crippen MR) is 285 cm³/mol. The van der Waals surface area contributed by atoms with Crippen LogP contribution < -0.4 is 21.3 Å². The number of rotatable bonds is 37. The van der Waals surface area contributed by atoms with Gasteiger partial charge in [-0.25, -0.2) is 0 Å². The lowest BCUT2D eigenvalue weighted by Gasteiger charge is -2.40. The summed E-state index contributed by atoms with van der Waals surface area (Å²) in [5, 5.41) is 102. The van der Waals surface area contributed by atoms with Crippen LogP contribution in [0.2, 0.25) is 0 Å². The second-order valence-electron chi connectivity index (χ2n) is 21.8. The van der Waals surface area contributed by atoms with Gasteiger partial charge in [-0.3, -0.25) is 24.0 Å². The van der Waals surface area contributed by atoms with E-state index in [-0.39, 0.29) is 121 Å². The minimum Gasteiger partial charge on any atom is -0.394 e. The van der Waals surface area contributed by atoms with Gasteiger partial charge in [0.2, 0.25) is 23.6 Å². The van der Waals surface area contributed by atoms with Crippen LogP contribution in [0.4, 0.5) is 0 Å². The summed E-state index contributed by atoms with van der Waals surface area (Å²) < 4.78 is 39.2. The topological polar surface area (TPSA) is 380 Å². The van der Waals surface area contributed by atoms with Crippen LogP contribution in [0.3, 0.4) is 0 Å². The monoisotopic (exact) mass is 1140 g/mol. The first-order valence-corrected chi connectivity index (χ1v) is 28.4. The highest BCUT2D eigenvalue weighted by Gasteiger charge is 2.45. The Morgan fingerprint density at radius 2 is 0.797 bits per heavy atom. The van der Waals surface area contributed by atoms with Gasteiger partial charge in [0.1, 0.15) is 42.4 Å². The molecule has 25 nitrogen and oxygen atoms in total. The zero-order valence-corrected chi connectivity index (χ0v) is 47.8. The summed E-state index contributed by atoms with van der Waals surface area (Å²) in [6.45, 7) is 11.5. The Bertz CT molecular complexity index is 1560. The average Bonchev–Trinajstić information content (AvgIpc) is 3.43. The fraction of sp³-hybridized carbons (Fsp3) is 0.907. The summed E-state index contributed by atoms with van der Waals surface area (Å²) in [4.78, 5) is 66.6. The molecule has 3 rings (SSSR count). The van der Waals surface area contributed by atoms with E-state index in [1.54, 1.807) is 27.9 Å². The standard InChI is InChI=1S/C50H90N4O21.C4H10/c1-30-41(63)44(66)34(27-55)73-47(30)70-24-6-5-11-33(58)14-17-50(54-40(62)13-7-12-37(59)51-20-8-23-69-4,18-15-38(60)52-21-9-25-71-48-31(2)42(64)45(67)35(28-56)74-48)19-16-39(61)53-22-10-26-72-49-32(3)43(65)46(68)36(29-57)75-49;1-4(2)3/h30-32,34-36,41-49,55-57,63-68H,5-29H2,1-4H3,(H,51,59)(H,52,60)(H,53,61)(H,54,62);4H,1-3H3/t30?,31?,32?,34?,35?,36?,41-,42-,43-,44+,45+,46+,47-,48-,49-,50?;/m1./s1. The average molecular weight is 1140 g/mol. The van der Waals surface area contributed by atoms with Crippen molar-refractivity contribution in [2.45, 2.75) is 217 Å². The summed E-state index contributed by atoms with van der Waals surface area (Å²) in [5.41, 5.74) is -1.24. The van der Waals surface area contributed by atoms with E-state index in [4.69, 9.17) is 33.2 Å². The van der Waals surface area contributed by atoms with Crippen molar-refractivity contribution in [2.75, 3.05) is 73.0 Å². The number of unbranched alkanes of at least 4 members (excludes halogenated alkanes) is 1. The smallest absolute Gasteiger partial charge is 0.220 e. The Morgan fingerprint density at radius 1 is 0.456 bits per heavy atom. The molecule has 3 aliphatic rings. The van der Waals surface area contributed by atoms with Crippen LogP contribution >= 0.6 is 0 Å². The number of hydrogen-bond acceptors (Lipinski definition) is 21. The number of Topliss-reactive ketones (excluding diaryl/α,β-unsaturated/α-hetero) is 1. The third kappa shape index (κ3) is 26.8. The fourth-order valence-corrected chi connectivity index (χ4v) is 9.10. The number of methoxy groups -OCH3 is 1. The fourth-order valence-electron chi connectivity index (χ4n) is 9.10. The zero-order chi connectivity index (χ0) is 59.1. The number of aliphatic hydroxyl groups is 9. The van der Waals surface area contributed by atoms with E-state index in [0.717, 1.165) is 5.92 Å². The lowest BCUT2D eigenvalue weighted by Crippen LogP contribution is -2.55. The summed E-state index contributed by atoms with van der Waals surface area (Å²) in [6, 6.07) is 0. The molecule has 0 bridgehead atoms. The summed E-state index contributed by atoms with van der Waals surface area (Å²) in [7, 11) is 1.56.